The number of hydrogen-bond acceptors (Lipinski definition) is 6. The van der Waals surface area contributed by atoms with E-state index in [-0.39, 0.29) is 54.1 Å². The number of phenolic OH excluding ortho intramolecular Hbond substituents is 1. The molecule has 0 spiro atoms. The van der Waals surface area contributed by atoms with Gasteiger partial charge in [-0.2, -0.15) is 22.9 Å². The van der Waals surface area contributed by atoms with Crippen LogP contribution < -0.4 is 43.2 Å². The van der Waals surface area contributed by atoms with Gasteiger partial charge in [-0.15, -0.1) is 12.1 Å². The summed E-state index contributed by atoms with van der Waals surface area (Å²) in [6, 6.07) is 18.0. The molecule has 0 bridgehead atoms. The molecule has 53 heavy (non-hydrogen) atoms. The van der Waals surface area contributed by atoms with E-state index in [1.165, 1.54) is 84.4 Å². The van der Waals surface area contributed by atoms with Crippen LogP contribution in [0.3, 0.4) is 0 Å². The third kappa shape index (κ3) is 28.3. The molecule has 4 aromatic rings. The standard InChI is InChI=1S/C8H9BF2O2.C6H4F2O.C6H4F2.C6H3F2.C4H9.C3H9BO3.2Li.2H2O/c1-12-9(13-2)6-4-3-5-7(10)8(6)11;7-4-2-1-3-5(9)6(4)8;2*7-5-3-1-2-4-6(5)8;1-3-4-2;1-5-4(6-2)7-3;;;;/h3-5H,1-2H3;1-3,9H;1-4H;1-3H;1,3-4H2,2H3;1-3H3;;;2*1H2/q;;;2*-1;;2*+1;;. The minimum Gasteiger partial charge on any atom is -0.505 e. The van der Waals surface area contributed by atoms with Gasteiger partial charge in [-0.3, -0.25) is 4.39 Å². The number of rotatable bonds is 7. The Kier molecular flexibility index (Phi) is 45.6. The molecule has 0 aliphatic carbocycles. The third-order valence-corrected chi connectivity index (χ3v) is 5.11. The summed E-state index contributed by atoms with van der Waals surface area (Å²) in [6.07, 6.45) is 2.28. The second kappa shape index (κ2) is 38.9. The van der Waals surface area contributed by atoms with E-state index in [1.54, 1.807) is 0 Å². The van der Waals surface area contributed by atoms with Crippen LogP contribution in [0.25, 0.3) is 0 Å². The quantitative estimate of drug-likeness (QED) is 0.164. The Morgan fingerprint density at radius 2 is 0.981 bits per heavy atom. The van der Waals surface area contributed by atoms with Crippen LogP contribution in [0, 0.1) is 59.5 Å². The van der Waals surface area contributed by atoms with Crippen LogP contribution in [0.1, 0.15) is 19.8 Å². The fraction of sp³-hybridized carbons (Fsp3) is 0.242. The molecule has 4 rings (SSSR count). The smallest absolute Gasteiger partial charge is 0.505 e. The van der Waals surface area contributed by atoms with E-state index in [0.717, 1.165) is 42.8 Å². The Hall–Kier alpha value is -2.84. The van der Waals surface area contributed by atoms with Crippen molar-refractivity contribution in [2.75, 3.05) is 35.5 Å². The Balaban J connectivity index is -0.000000127. The molecular weight excluding hydrogens is 712 g/mol. The van der Waals surface area contributed by atoms with Gasteiger partial charge in [0.05, 0.1) is 0 Å². The largest absolute Gasteiger partial charge is 1.00 e. The van der Waals surface area contributed by atoms with Crippen LogP contribution in [-0.4, -0.2) is 66.0 Å². The van der Waals surface area contributed by atoms with E-state index < -0.39 is 66.7 Å². The number of hydrogen-bond donors (Lipinski definition) is 1. The summed E-state index contributed by atoms with van der Waals surface area (Å²) in [7, 11) is 5.88. The van der Waals surface area contributed by atoms with Gasteiger partial charge in [0.2, 0.25) is 0 Å². The van der Waals surface area contributed by atoms with Crippen LogP contribution >= 0.6 is 0 Å². The molecule has 0 atom stereocenters. The van der Waals surface area contributed by atoms with Gasteiger partial charge in [0.25, 0.3) is 0 Å². The van der Waals surface area contributed by atoms with Gasteiger partial charge in [-0.25, -0.2) is 26.3 Å². The van der Waals surface area contributed by atoms with E-state index in [4.69, 9.17) is 14.4 Å². The van der Waals surface area contributed by atoms with Crippen LogP contribution in [-0.2, 0) is 23.3 Å². The predicted octanol–water partition coefficient (Wildman–Crippen LogP) is 0.243. The molecule has 0 fully saturated rings. The summed E-state index contributed by atoms with van der Waals surface area (Å²) < 4.78 is 121. The zero-order chi connectivity index (χ0) is 37.8. The van der Waals surface area contributed by atoms with Crippen LogP contribution in [0.5, 0.6) is 5.75 Å². The van der Waals surface area contributed by atoms with E-state index in [0.29, 0.717) is 0 Å². The monoisotopic (exact) mass is 754 g/mol. The van der Waals surface area contributed by atoms with E-state index in [2.05, 4.69) is 33.9 Å². The number of aromatic hydroxyl groups is 1. The summed E-state index contributed by atoms with van der Waals surface area (Å²) in [6.45, 7) is 5.72. The van der Waals surface area contributed by atoms with E-state index in [9.17, 15) is 35.1 Å². The van der Waals surface area contributed by atoms with Crippen LogP contribution in [0.15, 0.2) is 78.9 Å². The van der Waals surface area contributed by atoms with Crippen molar-refractivity contribution in [1.29, 1.82) is 0 Å². The maximum absolute atomic E-state index is 13.1. The second-order valence-electron chi connectivity index (χ2n) is 8.61. The van der Waals surface area contributed by atoms with Gasteiger partial charge in [-0.05, 0) is 30.3 Å². The number of benzene rings is 4. The Morgan fingerprint density at radius 3 is 1.26 bits per heavy atom. The maximum Gasteiger partial charge on any atom is 1.00 e. The maximum atomic E-state index is 13.1. The van der Waals surface area contributed by atoms with Gasteiger partial charge < -0.3 is 46.3 Å². The molecule has 0 heterocycles. The second-order valence-corrected chi connectivity index (χ2v) is 8.61. The van der Waals surface area contributed by atoms with E-state index in [1.807, 2.05) is 0 Å². The SMILES string of the molecule is COB(OC)OC.COB(OC)c1cccc(F)c1F.Fc1[c-]cccc1F.Fc1ccccc1F.O.O.Oc1cccc(F)c1F.[CH2-]CCC.[Li+].[Li+]. The topological polar surface area (TPSA) is 129 Å². The van der Waals surface area contributed by atoms with Gasteiger partial charge in [-0.1, -0.05) is 43.7 Å². The molecule has 0 saturated heterocycles. The minimum atomic E-state index is -1.20. The fourth-order valence-electron chi connectivity index (χ4n) is 2.67. The number of unbranched alkanes of at least 4 members (excludes halogenated alkanes) is 1. The third-order valence-electron chi connectivity index (χ3n) is 5.11. The molecule has 0 aromatic heterocycles. The number of halogens is 8. The summed E-state index contributed by atoms with van der Waals surface area (Å²) in [5, 5.41) is 8.49. The predicted molar refractivity (Wildman–Crippen MR) is 180 cm³/mol. The molecule has 0 saturated carbocycles. The van der Waals surface area contributed by atoms with Crippen molar-refractivity contribution in [3.63, 3.8) is 0 Å². The molecule has 20 heteroatoms. The van der Waals surface area contributed by atoms with Crippen molar-refractivity contribution in [3.05, 3.63) is 138 Å². The van der Waals surface area contributed by atoms with Crippen LogP contribution in [0.2, 0.25) is 0 Å². The zero-order valence-electron chi connectivity index (χ0n) is 30.8. The Bertz CT molecular complexity index is 1320. The zero-order valence-corrected chi connectivity index (χ0v) is 30.8. The summed E-state index contributed by atoms with van der Waals surface area (Å²) in [4.78, 5) is 0. The average Bonchev–Trinajstić information content (AvgIpc) is 3.11. The van der Waals surface area contributed by atoms with Gasteiger partial charge in [0.15, 0.2) is 40.7 Å². The first-order chi connectivity index (χ1) is 23.3. The van der Waals surface area contributed by atoms with Gasteiger partial charge in [0.1, 0.15) is 0 Å². The molecule has 4 aromatic carbocycles. The molecular formula is C33H42B2F8Li2O8. The minimum absolute atomic E-state index is 0. The van der Waals surface area contributed by atoms with Crippen molar-refractivity contribution >= 4 is 19.9 Å². The molecule has 0 unspecified atom stereocenters. The fourth-order valence-corrected chi connectivity index (χ4v) is 2.67. The summed E-state index contributed by atoms with van der Waals surface area (Å²) in [5.74, 6) is -8.10. The van der Waals surface area contributed by atoms with Gasteiger partial charge in [0, 0.05) is 52.6 Å². The molecule has 8 nitrogen and oxygen atoms in total. The Morgan fingerprint density at radius 1 is 0.585 bits per heavy atom. The van der Waals surface area contributed by atoms with Gasteiger partial charge >= 0.3 is 52.2 Å². The Labute approximate surface area is 330 Å². The first-order valence-corrected chi connectivity index (χ1v) is 14.0. The summed E-state index contributed by atoms with van der Waals surface area (Å²) >= 11 is 0. The normalized spacial score (nSPS) is 8.66. The van der Waals surface area contributed by atoms with Crippen molar-refractivity contribution < 1.29 is 112 Å². The first-order valence-electron chi connectivity index (χ1n) is 14.0. The van der Waals surface area contributed by atoms with E-state index >= 15 is 0 Å². The summed E-state index contributed by atoms with van der Waals surface area (Å²) in [5.41, 5.74) is 0.0602. The molecule has 0 aliphatic heterocycles. The molecule has 0 radical (unpaired) electrons. The molecule has 286 valence electrons. The van der Waals surface area contributed by atoms with Crippen molar-refractivity contribution in [2.24, 2.45) is 0 Å². The first kappa shape index (κ1) is 62.2. The molecule has 0 amide bonds. The number of phenols is 1. The molecule has 5 N–H and O–H groups in total. The van der Waals surface area contributed by atoms with Crippen molar-refractivity contribution in [1.82, 2.24) is 0 Å². The average molecular weight is 754 g/mol. The molecule has 0 aliphatic rings. The van der Waals surface area contributed by atoms with Crippen molar-refractivity contribution in [3.8, 4) is 5.75 Å². The van der Waals surface area contributed by atoms with Crippen LogP contribution in [0.4, 0.5) is 35.1 Å². The van der Waals surface area contributed by atoms with Crippen molar-refractivity contribution in [2.45, 2.75) is 19.8 Å².